The van der Waals surface area contributed by atoms with Crippen LogP contribution < -0.4 is 5.32 Å². The quantitative estimate of drug-likeness (QED) is 0.882. The number of halogens is 4. The minimum Gasteiger partial charge on any atom is -0.381 e. The van der Waals surface area contributed by atoms with Gasteiger partial charge >= 0.3 is 6.18 Å². The van der Waals surface area contributed by atoms with Crippen LogP contribution >= 0.6 is 11.6 Å². The zero-order chi connectivity index (χ0) is 15.6. The van der Waals surface area contributed by atoms with Crippen LogP contribution in [0, 0.1) is 5.92 Å². The molecule has 1 aliphatic rings. The van der Waals surface area contributed by atoms with Crippen LogP contribution in [0.3, 0.4) is 0 Å². The molecule has 1 heterocycles. The number of nitrogens with one attached hydrogen (secondary N) is 1. The largest absolute Gasteiger partial charge is 0.418 e. The molecule has 0 aromatic heterocycles. The van der Waals surface area contributed by atoms with Gasteiger partial charge in [-0.15, -0.1) is 0 Å². The summed E-state index contributed by atoms with van der Waals surface area (Å²) in [6.45, 7) is 3.89. The summed E-state index contributed by atoms with van der Waals surface area (Å²) in [4.78, 5) is 2.24. The molecule has 1 fully saturated rings. The molecular weight excluding hydrogens is 301 g/mol. The minimum absolute atomic E-state index is 0.00176. The molecular formula is C15H20ClF3N2. The SMILES string of the molecule is CC(Nc1c(Cl)cccc1C(F)(F)F)C1CCN(C)CC1. The Hall–Kier alpha value is -0.940. The van der Waals surface area contributed by atoms with Crippen molar-refractivity contribution in [3.8, 4) is 0 Å². The van der Waals surface area contributed by atoms with E-state index < -0.39 is 11.7 Å². The molecule has 1 aromatic rings. The van der Waals surface area contributed by atoms with Crippen LogP contribution in [0.1, 0.15) is 25.3 Å². The predicted molar refractivity (Wildman–Crippen MR) is 79.8 cm³/mol. The van der Waals surface area contributed by atoms with Gasteiger partial charge in [-0.05, 0) is 58.0 Å². The number of likely N-dealkylation sites (tertiary alicyclic amines) is 1. The number of anilines is 1. The first-order valence-corrected chi connectivity index (χ1v) is 7.47. The van der Waals surface area contributed by atoms with Crippen LogP contribution in [0.25, 0.3) is 0 Å². The number of nitrogens with zero attached hydrogens (tertiary/aromatic N) is 1. The molecule has 2 rings (SSSR count). The van der Waals surface area contributed by atoms with Gasteiger partial charge in [-0.25, -0.2) is 0 Å². The highest BCUT2D eigenvalue weighted by Crippen LogP contribution is 2.39. The minimum atomic E-state index is -4.40. The van der Waals surface area contributed by atoms with Gasteiger partial charge in [-0.2, -0.15) is 13.2 Å². The number of para-hydroxylation sites is 1. The highest BCUT2D eigenvalue weighted by molar-refractivity contribution is 6.33. The summed E-state index contributed by atoms with van der Waals surface area (Å²) < 4.78 is 39.2. The summed E-state index contributed by atoms with van der Waals surface area (Å²) in [5.41, 5.74) is -0.701. The summed E-state index contributed by atoms with van der Waals surface area (Å²) in [5, 5.41) is 3.11. The first-order valence-electron chi connectivity index (χ1n) is 7.10. The van der Waals surface area contributed by atoms with E-state index in [1.807, 2.05) is 6.92 Å². The third-order valence-corrected chi connectivity index (χ3v) is 4.48. The average Bonchev–Trinajstić information content (AvgIpc) is 2.40. The second kappa shape index (κ2) is 6.44. The van der Waals surface area contributed by atoms with E-state index in [0.717, 1.165) is 32.0 Å². The Morgan fingerprint density at radius 1 is 1.29 bits per heavy atom. The normalized spacial score (nSPS) is 19.5. The first kappa shape index (κ1) is 16.4. The van der Waals surface area contributed by atoms with E-state index in [-0.39, 0.29) is 16.8 Å². The van der Waals surface area contributed by atoms with Crippen LogP contribution in [0.2, 0.25) is 5.02 Å². The maximum absolute atomic E-state index is 13.1. The van der Waals surface area contributed by atoms with Gasteiger partial charge < -0.3 is 10.2 Å². The lowest BCUT2D eigenvalue weighted by atomic mass is 9.90. The molecule has 1 aliphatic heterocycles. The molecule has 0 spiro atoms. The number of piperidine rings is 1. The van der Waals surface area contributed by atoms with Crippen molar-refractivity contribution in [2.75, 3.05) is 25.5 Å². The third-order valence-electron chi connectivity index (χ3n) is 4.16. The predicted octanol–water partition coefficient (Wildman–Crippen LogP) is 4.50. The number of hydrogen-bond donors (Lipinski definition) is 1. The Balaban J connectivity index is 2.15. The van der Waals surface area contributed by atoms with Gasteiger partial charge in [-0.3, -0.25) is 0 Å². The van der Waals surface area contributed by atoms with Crippen LogP contribution in [0.15, 0.2) is 18.2 Å². The zero-order valence-electron chi connectivity index (χ0n) is 12.2. The zero-order valence-corrected chi connectivity index (χ0v) is 12.9. The van der Waals surface area contributed by atoms with E-state index in [2.05, 4.69) is 17.3 Å². The van der Waals surface area contributed by atoms with Crippen LogP contribution in [-0.4, -0.2) is 31.1 Å². The maximum Gasteiger partial charge on any atom is 0.418 e. The van der Waals surface area contributed by atoms with Crippen molar-refractivity contribution < 1.29 is 13.2 Å². The Labute approximate surface area is 128 Å². The van der Waals surface area contributed by atoms with Crippen molar-refractivity contribution in [2.24, 2.45) is 5.92 Å². The molecule has 1 saturated heterocycles. The Kier molecular flexibility index (Phi) is 5.04. The fourth-order valence-corrected chi connectivity index (χ4v) is 3.01. The van der Waals surface area contributed by atoms with Crippen molar-refractivity contribution in [1.29, 1.82) is 0 Å². The molecule has 1 atom stereocenters. The van der Waals surface area contributed by atoms with Gasteiger partial charge in [0, 0.05) is 6.04 Å². The summed E-state index contributed by atoms with van der Waals surface area (Å²) in [5.74, 6) is 0.360. The Morgan fingerprint density at radius 2 is 1.90 bits per heavy atom. The number of benzene rings is 1. The highest BCUT2D eigenvalue weighted by atomic mass is 35.5. The van der Waals surface area contributed by atoms with Crippen LogP contribution in [-0.2, 0) is 6.18 Å². The number of rotatable bonds is 3. The molecule has 1 aromatic carbocycles. The first-order chi connectivity index (χ1) is 9.79. The smallest absolute Gasteiger partial charge is 0.381 e. The van der Waals surface area contributed by atoms with Crippen molar-refractivity contribution in [3.05, 3.63) is 28.8 Å². The molecule has 6 heteroatoms. The van der Waals surface area contributed by atoms with Crippen molar-refractivity contribution in [2.45, 2.75) is 32.0 Å². The van der Waals surface area contributed by atoms with Crippen molar-refractivity contribution in [3.63, 3.8) is 0 Å². The summed E-state index contributed by atoms with van der Waals surface area (Å²) >= 11 is 5.97. The van der Waals surface area contributed by atoms with Gasteiger partial charge in [0.1, 0.15) is 0 Å². The van der Waals surface area contributed by atoms with Gasteiger partial charge in [-0.1, -0.05) is 17.7 Å². The van der Waals surface area contributed by atoms with E-state index in [4.69, 9.17) is 11.6 Å². The molecule has 0 amide bonds. The van der Waals surface area contributed by atoms with Gasteiger partial charge in [0.15, 0.2) is 0 Å². The van der Waals surface area contributed by atoms with Gasteiger partial charge in [0.25, 0.3) is 0 Å². The summed E-state index contributed by atoms with van der Waals surface area (Å²) in [6.07, 6.45) is -2.44. The topological polar surface area (TPSA) is 15.3 Å². The molecule has 21 heavy (non-hydrogen) atoms. The van der Waals surface area contributed by atoms with Crippen LogP contribution in [0.5, 0.6) is 0 Å². The maximum atomic E-state index is 13.1. The lowest BCUT2D eigenvalue weighted by molar-refractivity contribution is -0.137. The Morgan fingerprint density at radius 3 is 2.48 bits per heavy atom. The Bertz CT molecular complexity index is 482. The van der Waals surface area contributed by atoms with E-state index in [9.17, 15) is 13.2 Å². The van der Waals surface area contributed by atoms with E-state index in [0.29, 0.717) is 5.92 Å². The van der Waals surface area contributed by atoms with E-state index >= 15 is 0 Å². The molecule has 1 N–H and O–H groups in total. The molecule has 0 bridgehead atoms. The summed E-state index contributed by atoms with van der Waals surface area (Å²) in [6, 6.07) is 3.84. The molecule has 0 radical (unpaired) electrons. The summed E-state index contributed by atoms with van der Waals surface area (Å²) in [7, 11) is 2.06. The van der Waals surface area contributed by atoms with Crippen LogP contribution in [0.4, 0.5) is 18.9 Å². The standard InChI is InChI=1S/C15H20ClF3N2/c1-10(11-6-8-21(2)9-7-11)20-14-12(15(17,18)19)4-3-5-13(14)16/h3-5,10-11,20H,6-9H2,1-2H3. The average molecular weight is 321 g/mol. The second-order valence-corrected chi connectivity index (χ2v) is 6.14. The third kappa shape index (κ3) is 4.04. The molecule has 2 nitrogen and oxygen atoms in total. The van der Waals surface area contributed by atoms with Gasteiger partial charge in [0.05, 0.1) is 16.3 Å². The fraction of sp³-hybridized carbons (Fsp3) is 0.600. The van der Waals surface area contributed by atoms with Crippen molar-refractivity contribution >= 4 is 17.3 Å². The highest BCUT2D eigenvalue weighted by Gasteiger charge is 2.35. The van der Waals surface area contributed by atoms with Gasteiger partial charge in [0.2, 0.25) is 0 Å². The molecule has 0 aliphatic carbocycles. The van der Waals surface area contributed by atoms with Crippen molar-refractivity contribution in [1.82, 2.24) is 4.90 Å². The lowest BCUT2D eigenvalue weighted by Gasteiger charge is -2.34. The fourth-order valence-electron chi connectivity index (χ4n) is 2.78. The number of hydrogen-bond acceptors (Lipinski definition) is 2. The number of alkyl halides is 3. The van der Waals surface area contributed by atoms with E-state index in [1.165, 1.54) is 12.1 Å². The monoisotopic (exact) mass is 320 g/mol. The van der Waals surface area contributed by atoms with E-state index in [1.54, 1.807) is 0 Å². The molecule has 1 unspecified atom stereocenters. The molecule has 0 saturated carbocycles. The molecule has 118 valence electrons. The second-order valence-electron chi connectivity index (χ2n) is 5.73. The lowest BCUT2D eigenvalue weighted by Crippen LogP contribution is -2.37.